The van der Waals surface area contributed by atoms with E-state index in [4.69, 9.17) is 14.2 Å². The molecule has 24 heavy (non-hydrogen) atoms. The van der Waals surface area contributed by atoms with Crippen LogP contribution in [0.15, 0.2) is 18.2 Å². The molecule has 0 unspecified atom stereocenters. The fourth-order valence-corrected chi connectivity index (χ4v) is 3.73. The van der Waals surface area contributed by atoms with Crippen molar-refractivity contribution in [2.45, 2.75) is 44.7 Å². The Balaban J connectivity index is 1.81. The molecule has 1 atom stereocenters. The van der Waals surface area contributed by atoms with Crippen molar-refractivity contribution < 1.29 is 19.0 Å². The molecule has 1 aromatic carbocycles. The van der Waals surface area contributed by atoms with Gasteiger partial charge < -0.3 is 19.1 Å². The highest BCUT2D eigenvalue weighted by Crippen LogP contribution is 2.31. The van der Waals surface area contributed by atoms with Gasteiger partial charge in [-0.25, -0.2) is 0 Å². The molecule has 0 bridgehead atoms. The number of carbonyl (C=O) groups is 1. The number of rotatable bonds is 6. The molecule has 2 fully saturated rings. The van der Waals surface area contributed by atoms with Crippen LogP contribution in [-0.2, 0) is 16.1 Å². The summed E-state index contributed by atoms with van der Waals surface area (Å²) in [6, 6.07) is 6.14. The summed E-state index contributed by atoms with van der Waals surface area (Å²) in [5.41, 5.74) is 1.03. The van der Waals surface area contributed by atoms with Gasteiger partial charge in [0.2, 0.25) is 5.91 Å². The van der Waals surface area contributed by atoms with Crippen molar-refractivity contribution in [2.24, 2.45) is 5.92 Å². The maximum atomic E-state index is 13.0. The molecule has 1 heterocycles. The summed E-state index contributed by atoms with van der Waals surface area (Å²) in [5.74, 6) is 1.78. The van der Waals surface area contributed by atoms with Crippen LogP contribution < -0.4 is 9.47 Å². The van der Waals surface area contributed by atoms with E-state index in [1.165, 1.54) is 12.8 Å². The summed E-state index contributed by atoms with van der Waals surface area (Å²) >= 11 is 0. The zero-order chi connectivity index (χ0) is 16.9. The van der Waals surface area contributed by atoms with Crippen LogP contribution >= 0.6 is 0 Å². The van der Waals surface area contributed by atoms with E-state index in [0.29, 0.717) is 25.8 Å². The fraction of sp³-hybridized carbons (Fsp3) is 0.632. The van der Waals surface area contributed by atoms with E-state index in [9.17, 15) is 4.79 Å². The molecule has 2 aliphatic rings. The van der Waals surface area contributed by atoms with Gasteiger partial charge in [0, 0.05) is 30.8 Å². The minimum absolute atomic E-state index is 0.00911. The Morgan fingerprint density at radius 1 is 1.21 bits per heavy atom. The van der Waals surface area contributed by atoms with Crippen LogP contribution in [0.3, 0.4) is 0 Å². The van der Waals surface area contributed by atoms with E-state index in [2.05, 4.69) is 4.90 Å². The molecule has 5 nitrogen and oxygen atoms in total. The van der Waals surface area contributed by atoms with Crippen molar-refractivity contribution in [3.63, 3.8) is 0 Å². The largest absolute Gasteiger partial charge is 0.497 e. The third-order valence-electron chi connectivity index (χ3n) is 5.16. The van der Waals surface area contributed by atoms with Crippen LogP contribution in [0.2, 0.25) is 0 Å². The normalized spacial score (nSPS) is 21.0. The highest BCUT2D eigenvalue weighted by Gasteiger charge is 2.33. The third-order valence-corrected chi connectivity index (χ3v) is 5.16. The molecular formula is C19H27NO4. The Morgan fingerprint density at radius 3 is 2.62 bits per heavy atom. The van der Waals surface area contributed by atoms with E-state index < -0.39 is 0 Å². The topological polar surface area (TPSA) is 48.0 Å². The van der Waals surface area contributed by atoms with Gasteiger partial charge in [-0.1, -0.05) is 12.8 Å². The predicted octanol–water partition coefficient (Wildman–Crippen LogP) is 3.01. The highest BCUT2D eigenvalue weighted by atomic mass is 16.5. The Bertz CT molecular complexity index is 562. The first-order valence-electron chi connectivity index (χ1n) is 8.82. The first kappa shape index (κ1) is 17.1. The first-order valence-corrected chi connectivity index (χ1v) is 8.82. The van der Waals surface area contributed by atoms with E-state index >= 15 is 0 Å². The number of amides is 1. The third kappa shape index (κ3) is 3.66. The van der Waals surface area contributed by atoms with Crippen molar-refractivity contribution in [3.8, 4) is 11.5 Å². The van der Waals surface area contributed by atoms with Crippen molar-refractivity contribution in [1.82, 2.24) is 4.90 Å². The molecule has 5 heteroatoms. The van der Waals surface area contributed by atoms with Gasteiger partial charge >= 0.3 is 0 Å². The molecule has 0 radical (unpaired) electrons. The minimum Gasteiger partial charge on any atom is -0.497 e. The Morgan fingerprint density at radius 2 is 2.00 bits per heavy atom. The van der Waals surface area contributed by atoms with E-state index in [0.717, 1.165) is 36.3 Å². The standard InChI is InChI=1S/C19H27NO4/c1-22-17-8-7-14(18(11-17)23-2)12-20(16-5-3-4-6-16)19(21)15-9-10-24-13-15/h7-8,11,15-16H,3-6,9-10,12-13H2,1-2H3/t15-/m0/s1. The van der Waals surface area contributed by atoms with Crippen molar-refractivity contribution in [3.05, 3.63) is 23.8 Å². The number of hydrogen-bond acceptors (Lipinski definition) is 4. The van der Waals surface area contributed by atoms with Crippen LogP contribution in [0.1, 0.15) is 37.7 Å². The highest BCUT2D eigenvalue weighted by molar-refractivity contribution is 5.79. The SMILES string of the molecule is COc1ccc(CN(C(=O)[C@H]2CCOC2)C2CCCC2)c(OC)c1. The molecule has 0 N–H and O–H groups in total. The monoisotopic (exact) mass is 333 g/mol. The molecule has 0 aromatic heterocycles. The Labute approximate surface area is 143 Å². The first-order chi connectivity index (χ1) is 11.7. The van der Waals surface area contributed by atoms with Gasteiger partial charge in [-0.15, -0.1) is 0 Å². The van der Waals surface area contributed by atoms with Gasteiger partial charge in [-0.05, 0) is 31.4 Å². The van der Waals surface area contributed by atoms with Crippen LogP contribution in [0, 0.1) is 5.92 Å². The molecular weight excluding hydrogens is 306 g/mol. The van der Waals surface area contributed by atoms with Crippen LogP contribution in [0.25, 0.3) is 0 Å². The molecule has 1 aliphatic heterocycles. The Hall–Kier alpha value is -1.75. The van der Waals surface area contributed by atoms with E-state index in [1.807, 2.05) is 18.2 Å². The van der Waals surface area contributed by atoms with Crippen LogP contribution in [0.5, 0.6) is 11.5 Å². The number of nitrogens with zero attached hydrogens (tertiary/aromatic N) is 1. The molecule has 132 valence electrons. The smallest absolute Gasteiger partial charge is 0.228 e. The van der Waals surface area contributed by atoms with Crippen molar-refractivity contribution in [2.75, 3.05) is 27.4 Å². The predicted molar refractivity (Wildman–Crippen MR) is 91.3 cm³/mol. The molecule has 1 aliphatic carbocycles. The summed E-state index contributed by atoms with van der Waals surface area (Å²) in [6.45, 7) is 1.84. The molecule has 3 rings (SSSR count). The maximum Gasteiger partial charge on any atom is 0.228 e. The zero-order valence-electron chi connectivity index (χ0n) is 14.6. The molecule has 1 saturated carbocycles. The van der Waals surface area contributed by atoms with Crippen LogP contribution in [0.4, 0.5) is 0 Å². The average Bonchev–Trinajstić information content (AvgIpc) is 3.32. The summed E-state index contributed by atoms with van der Waals surface area (Å²) in [4.78, 5) is 15.1. The van der Waals surface area contributed by atoms with Gasteiger partial charge in [-0.2, -0.15) is 0 Å². The molecule has 1 saturated heterocycles. The van der Waals surface area contributed by atoms with Gasteiger partial charge in [0.05, 0.1) is 26.7 Å². The van der Waals surface area contributed by atoms with Crippen LogP contribution in [-0.4, -0.2) is 44.3 Å². The number of ether oxygens (including phenoxy) is 3. The lowest BCUT2D eigenvalue weighted by Crippen LogP contribution is -2.42. The second kappa shape index (κ2) is 7.88. The number of hydrogen-bond donors (Lipinski definition) is 0. The lowest BCUT2D eigenvalue weighted by atomic mass is 10.0. The second-order valence-electron chi connectivity index (χ2n) is 6.64. The van der Waals surface area contributed by atoms with Gasteiger partial charge in [-0.3, -0.25) is 4.79 Å². The number of carbonyl (C=O) groups excluding carboxylic acids is 1. The van der Waals surface area contributed by atoms with Gasteiger partial charge in [0.15, 0.2) is 0 Å². The molecule has 1 amide bonds. The zero-order valence-corrected chi connectivity index (χ0v) is 14.6. The fourth-order valence-electron chi connectivity index (χ4n) is 3.73. The van der Waals surface area contributed by atoms with Crippen molar-refractivity contribution in [1.29, 1.82) is 0 Å². The summed E-state index contributed by atoms with van der Waals surface area (Å²) in [5, 5.41) is 0. The minimum atomic E-state index is 0.00911. The van der Waals surface area contributed by atoms with Gasteiger partial charge in [0.1, 0.15) is 11.5 Å². The number of methoxy groups -OCH3 is 2. The quantitative estimate of drug-likeness (QED) is 0.803. The maximum absolute atomic E-state index is 13.0. The summed E-state index contributed by atoms with van der Waals surface area (Å²) < 4.78 is 16.2. The Kier molecular flexibility index (Phi) is 5.61. The molecule has 1 aromatic rings. The second-order valence-corrected chi connectivity index (χ2v) is 6.64. The van der Waals surface area contributed by atoms with Gasteiger partial charge in [0.25, 0.3) is 0 Å². The number of benzene rings is 1. The van der Waals surface area contributed by atoms with Crippen molar-refractivity contribution >= 4 is 5.91 Å². The van der Waals surface area contributed by atoms with E-state index in [-0.39, 0.29) is 11.8 Å². The molecule has 0 spiro atoms. The lowest BCUT2D eigenvalue weighted by molar-refractivity contribution is -0.138. The summed E-state index contributed by atoms with van der Waals surface area (Å²) in [6.07, 6.45) is 5.43. The lowest BCUT2D eigenvalue weighted by Gasteiger charge is -2.31. The summed E-state index contributed by atoms with van der Waals surface area (Å²) in [7, 11) is 3.30. The van der Waals surface area contributed by atoms with E-state index in [1.54, 1.807) is 14.2 Å². The average molecular weight is 333 g/mol.